The van der Waals surface area contributed by atoms with Crippen LogP contribution in [0.4, 0.5) is 4.79 Å². The average molecular weight is 318 g/mol. The molecule has 0 saturated carbocycles. The lowest BCUT2D eigenvalue weighted by atomic mass is 10.1. The third-order valence-corrected chi connectivity index (χ3v) is 4.52. The molecule has 2 aromatic rings. The Morgan fingerprint density at radius 2 is 2.05 bits per heavy atom. The van der Waals surface area contributed by atoms with E-state index < -0.39 is 0 Å². The van der Waals surface area contributed by atoms with Crippen molar-refractivity contribution in [3.63, 3.8) is 0 Å². The number of methoxy groups -OCH3 is 1. The Morgan fingerprint density at radius 3 is 2.73 bits per heavy atom. The Bertz CT molecular complexity index is 637. The van der Waals surface area contributed by atoms with Crippen molar-refractivity contribution in [2.24, 2.45) is 0 Å². The van der Waals surface area contributed by atoms with Crippen LogP contribution in [0.1, 0.15) is 21.6 Å². The van der Waals surface area contributed by atoms with Crippen molar-refractivity contribution >= 4 is 17.4 Å². The zero-order chi connectivity index (χ0) is 15.9. The summed E-state index contributed by atoms with van der Waals surface area (Å²) in [5, 5.41) is 7.80. The molecular weight excluding hydrogens is 296 g/mol. The Labute approximate surface area is 135 Å². The Morgan fingerprint density at radius 1 is 1.23 bits per heavy atom. The Balaban J connectivity index is 1.77. The summed E-state index contributed by atoms with van der Waals surface area (Å²) in [4.78, 5) is 13.0. The van der Waals surface area contributed by atoms with E-state index in [4.69, 9.17) is 4.74 Å². The normalized spacial score (nSPS) is 10.3. The van der Waals surface area contributed by atoms with Crippen LogP contribution in [-0.2, 0) is 13.0 Å². The van der Waals surface area contributed by atoms with Gasteiger partial charge in [-0.3, -0.25) is 0 Å². The number of carbonyl (C=O) groups excluding carboxylic acids is 1. The zero-order valence-electron chi connectivity index (χ0n) is 13.2. The number of hydrogen-bond donors (Lipinski definition) is 2. The summed E-state index contributed by atoms with van der Waals surface area (Å²) in [6.07, 6.45) is 0.746. The summed E-state index contributed by atoms with van der Waals surface area (Å²) < 4.78 is 5.34. The molecule has 118 valence electrons. The second-order valence-electron chi connectivity index (χ2n) is 5.20. The molecule has 0 unspecified atom stereocenters. The highest BCUT2D eigenvalue weighted by molar-refractivity contribution is 7.10. The number of benzene rings is 1. The van der Waals surface area contributed by atoms with Crippen LogP contribution in [0.3, 0.4) is 0 Å². The average Bonchev–Trinajstić information content (AvgIpc) is 2.91. The molecule has 0 aliphatic rings. The number of rotatable bonds is 6. The van der Waals surface area contributed by atoms with E-state index in [9.17, 15) is 4.79 Å². The number of hydrogen-bond acceptors (Lipinski definition) is 3. The number of thiophene rings is 1. The van der Waals surface area contributed by atoms with Crippen LogP contribution in [0.5, 0.6) is 5.75 Å². The van der Waals surface area contributed by atoms with Gasteiger partial charge in [0.2, 0.25) is 0 Å². The molecule has 22 heavy (non-hydrogen) atoms. The fourth-order valence-electron chi connectivity index (χ4n) is 2.22. The summed E-state index contributed by atoms with van der Waals surface area (Å²) in [6, 6.07) is 7.99. The van der Waals surface area contributed by atoms with Gasteiger partial charge in [-0.25, -0.2) is 4.79 Å². The molecular formula is C17H22N2O2S. The number of urea groups is 1. The molecule has 0 saturated heterocycles. The van der Waals surface area contributed by atoms with Gasteiger partial charge in [0, 0.05) is 11.4 Å². The largest absolute Gasteiger partial charge is 0.496 e. The molecule has 0 atom stereocenters. The van der Waals surface area contributed by atoms with Crippen molar-refractivity contribution in [1.82, 2.24) is 10.6 Å². The predicted octanol–water partition coefficient (Wildman–Crippen LogP) is 3.42. The number of aryl methyl sites for hydroxylation is 2. The quantitative estimate of drug-likeness (QED) is 0.857. The third-order valence-electron chi connectivity index (χ3n) is 3.49. The van der Waals surface area contributed by atoms with Gasteiger partial charge in [-0.2, -0.15) is 0 Å². The second kappa shape index (κ2) is 7.84. The van der Waals surface area contributed by atoms with E-state index in [1.165, 1.54) is 16.0 Å². The summed E-state index contributed by atoms with van der Waals surface area (Å²) in [6.45, 7) is 5.25. The maximum atomic E-state index is 11.8. The van der Waals surface area contributed by atoms with Gasteiger partial charge in [0.05, 0.1) is 13.7 Å². The van der Waals surface area contributed by atoms with Crippen molar-refractivity contribution in [3.8, 4) is 5.75 Å². The third kappa shape index (κ3) is 4.49. The van der Waals surface area contributed by atoms with Crippen molar-refractivity contribution in [2.75, 3.05) is 13.7 Å². The molecule has 0 aliphatic heterocycles. The first-order chi connectivity index (χ1) is 10.6. The minimum atomic E-state index is -0.139. The van der Waals surface area contributed by atoms with E-state index >= 15 is 0 Å². The fraction of sp³-hybridized carbons (Fsp3) is 0.353. The van der Waals surface area contributed by atoms with Gasteiger partial charge in [0.15, 0.2) is 0 Å². The molecule has 5 heteroatoms. The topological polar surface area (TPSA) is 50.4 Å². The maximum absolute atomic E-state index is 11.8. The van der Waals surface area contributed by atoms with Crippen LogP contribution in [-0.4, -0.2) is 19.7 Å². The number of ether oxygens (including phenoxy) is 1. The van der Waals surface area contributed by atoms with Crippen molar-refractivity contribution < 1.29 is 9.53 Å². The summed E-state index contributed by atoms with van der Waals surface area (Å²) >= 11 is 1.66. The molecule has 1 aromatic carbocycles. The van der Waals surface area contributed by atoms with Crippen LogP contribution < -0.4 is 15.4 Å². The lowest BCUT2D eigenvalue weighted by Gasteiger charge is -2.11. The zero-order valence-corrected chi connectivity index (χ0v) is 14.0. The molecule has 1 aromatic heterocycles. The number of nitrogens with one attached hydrogen (secondary N) is 2. The number of carbonyl (C=O) groups is 1. The van der Waals surface area contributed by atoms with Gasteiger partial charge in [0.1, 0.15) is 5.75 Å². The molecule has 2 N–H and O–H groups in total. The first-order valence-corrected chi connectivity index (χ1v) is 8.16. The van der Waals surface area contributed by atoms with E-state index in [0.29, 0.717) is 13.1 Å². The molecule has 2 amide bonds. The van der Waals surface area contributed by atoms with Crippen LogP contribution in [0.2, 0.25) is 0 Å². The van der Waals surface area contributed by atoms with Gasteiger partial charge in [-0.05, 0) is 48.9 Å². The molecule has 0 spiro atoms. The predicted molar refractivity (Wildman–Crippen MR) is 90.7 cm³/mol. The first-order valence-electron chi connectivity index (χ1n) is 7.28. The lowest BCUT2D eigenvalue weighted by Crippen LogP contribution is -2.36. The number of amides is 2. The van der Waals surface area contributed by atoms with E-state index in [2.05, 4.69) is 29.7 Å². The summed E-state index contributed by atoms with van der Waals surface area (Å²) in [5.41, 5.74) is 3.51. The van der Waals surface area contributed by atoms with Crippen LogP contribution in [0.15, 0.2) is 29.6 Å². The first kappa shape index (κ1) is 16.4. The minimum absolute atomic E-state index is 0.139. The molecule has 0 fully saturated rings. The van der Waals surface area contributed by atoms with Gasteiger partial charge in [0.25, 0.3) is 0 Å². The van der Waals surface area contributed by atoms with Gasteiger partial charge in [-0.15, -0.1) is 11.3 Å². The standard InChI is InChI=1S/C17H22N2O2S/c1-12-4-5-15(21-3)14(10-12)6-8-18-17(20)19-11-16-13(2)7-9-22-16/h4-5,7,9-10H,6,8,11H2,1-3H3,(H2,18,19,20). The van der Waals surface area contributed by atoms with Gasteiger partial charge < -0.3 is 15.4 Å². The SMILES string of the molecule is COc1ccc(C)cc1CCNC(=O)NCc1sccc1C. The molecule has 1 heterocycles. The van der Waals surface area contributed by atoms with E-state index in [1.807, 2.05) is 24.4 Å². The van der Waals surface area contributed by atoms with E-state index in [-0.39, 0.29) is 6.03 Å². The highest BCUT2D eigenvalue weighted by Gasteiger charge is 2.06. The molecule has 4 nitrogen and oxygen atoms in total. The lowest BCUT2D eigenvalue weighted by molar-refractivity contribution is 0.240. The summed E-state index contributed by atoms with van der Waals surface area (Å²) in [5.74, 6) is 0.863. The van der Waals surface area contributed by atoms with Crippen molar-refractivity contribution in [1.29, 1.82) is 0 Å². The molecule has 0 bridgehead atoms. The smallest absolute Gasteiger partial charge is 0.315 e. The molecule has 2 rings (SSSR count). The van der Waals surface area contributed by atoms with Gasteiger partial charge >= 0.3 is 6.03 Å². The highest BCUT2D eigenvalue weighted by Crippen LogP contribution is 2.19. The second-order valence-corrected chi connectivity index (χ2v) is 6.20. The van der Waals surface area contributed by atoms with E-state index in [0.717, 1.165) is 17.7 Å². The maximum Gasteiger partial charge on any atom is 0.315 e. The van der Waals surface area contributed by atoms with Crippen LogP contribution in [0, 0.1) is 13.8 Å². The monoisotopic (exact) mass is 318 g/mol. The Kier molecular flexibility index (Phi) is 5.83. The Hall–Kier alpha value is -2.01. The highest BCUT2D eigenvalue weighted by atomic mass is 32.1. The van der Waals surface area contributed by atoms with Crippen molar-refractivity contribution in [2.45, 2.75) is 26.8 Å². The summed E-state index contributed by atoms with van der Waals surface area (Å²) in [7, 11) is 1.66. The molecule has 0 aliphatic carbocycles. The van der Waals surface area contributed by atoms with Crippen LogP contribution in [0.25, 0.3) is 0 Å². The fourth-order valence-corrected chi connectivity index (χ4v) is 3.07. The van der Waals surface area contributed by atoms with Crippen molar-refractivity contribution in [3.05, 3.63) is 51.2 Å². The van der Waals surface area contributed by atoms with E-state index in [1.54, 1.807) is 18.4 Å². The van der Waals surface area contributed by atoms with Gasteiger partial charge in [-0.1, -0.05) is 17.7 Å². The molecule has 0 radical (unpaired) electrons. The minimum Gasteiger partial charge on any atom is -0.496 e. The van der Waals surface area contributed by atoms with Crippen LogP contribution >= 0.6 is 11.3 Å².